The van der Waals surface area contributed by atoms with Crippen molar-refractivity contribution in [2.75, 3.05) is 5.32 Å². The SMILES string of the molecule is CC[C@H](Oc1ccc(C)cc1)C(=O)Nc1cccc([N+](=O)[O-])c1. The second-order valence-electron chi connectivity index (χ2n) is 5.12. The van der Waals surface area contributed by atoms with E-state index in [1.54, 1.807) is 18.2 Å². The molecule has 2 aromatic rings. The Morgan fingerprint density at radius 3 is 2.57 bits per heavy atom. The zero-order valence-electron chi connectivity index (χ0n) is 13.0. The lowest BCUT2D eigenvalue weighted by molar-refractivity contribution is -0.384. The molecule has 23 heavy (non-hydrogen) atoms. The number of benzene rings is 2. The Hall–Kier alpha value is -2.89. The van der Waals surface area contributed by atoms with Crippen LogP contribution in [-0.4, -0.2) is 16.9 Å². The summed E-state index contributed by atoms with van der Waals surface area (Å²) in [6, 6.07) is 13.2. The summed E-state index contributed by atoms with van der Waals surface area (Å²) in [4.78, 5) is 22.6. The average Bonchev–Trinajstić information content (AvgIpc) is 2.54. The Morgan fingerprint density at radius 2 is 1.96 bits per heavy atom. The first-order valence-corrected chi connectivity index (χ1v) is 7.28. The molecule has 0 heterocycles. The Kier molecular flexibility index (Phi) is 5.30. The highest BCUT2D eigenvalue weighted by molar-refractivity contribution is 5.94. The van der Waals surface area contributed by atoms with Crippen LogP contribution in [-0.2, 0) is 4.79 Å². The monoisotopic (exact) mass is 314 g/mol. The van der Waals surface area contributed by atoms with Gasteiger partial charge in [-0.25, -0.2) is 0 Å². The number of anilines is 1. The molecule has 0 radical (unpaired) electrons. The normalized spacial score (nSPS) is 11.6. The van der Waals surface area contributed by atoms with E-state index in [1.165, 1.54) is 18.2 Å². The number of carbonyl (C=O) groups excluding carboxylic acids is 1. The molecule has 6 heteroatoms. The molecule has 2 rings (SSSR count). The van der Waals surface area contributed by atoms with Crippen LogP contribution in [0.1, 0.15) is 18.9 Å². The number of amides is 1. The number of non-ortho nitro benzene ring substituents is 1. The third-order valence-corrected chi connectivity index (χ3v) is 3.29. The van der Waals surface area contributed by atoms with E-state index in [9.17, 15) is 14.9 Å². The van der Waals surface area contributed by atoms with Crippen LogP contribution >= 0.6 is 0 Å². The smallest absolute Gasteiger partial charge is 0.271 e. The molecule has 0 aliphatic rings. The lowest BCUT2D eigenvalue weighted by Crippen LogP contribution is -2.32. The third kappa shape index (κ3) is 4.54. The van der Waals surface area contributed by atoms with Crippen LogP contribution < -0.4 is 10.1 Å². The largest absolute Gasteiger partial charge is 0.481 e. The van der Waals surface area contributed by atoms with Gasteiger partial charge >= 0.3 is 0 Å². The molecule has 0 saturated heterocycles. The third-order valence-electron chi connectivity index (χ3n) is 3.29. The summed E-state index contributed by atoms with van der Waals surface area (Å²) in [5.74, 6) is 0.269. The molecule has 0 spiro atoms. The van der Waals surface area contributed by atoms with Gasteiger partial charge in [0.05, 0.1) is 4.92 Å². The fourth-order valence-electron chi connectivity index (χ4n) is 2.02. The maximum absolute atomic E-state index is 12.3. The van der Waals surface area contributed by atoms with Gasteiger partial charge in [-0.05, 0) is 31.5 Å². The van der Waals surface area contributed by atoms with Gasteiger partial charge in [-0.3, -0.25) is 14.9 Å². The van der Waals surface area contributed by atoms with Crippen LogP contribution in [0.2, 0.25) is 0 Å². The summed E-state index contributed by atoms with van der Waals surface area (Å²) < 4.78 is 5.68. The summed E-state index contributed by atoms with van der Waals surface area (Å²) in [6.45, 7) is 3.81. The van der Waals surface area contributed by atoms with E-state index in [2.05, 4.69) is 5.32 Å². The molecule has 1 amide bonds. The zero-order chi connectivity index (χ0) is 16.8. The molecule has 6 nitrogen and oxygen atoms in total. The highest BCUT2D eigenvalue weighted by Crippen LogP contribution is 2.19. The van der Waals surface area contributed by atoms with Crippen LogP contribution in [0.4, 0.5) is 11.4 Å². The quantitative estimate of drug-likeness (QED) is 0.651. The second kappa shape index (κ2) is 7.40. The average molecular weight is 314 g/mol. The highest BCUT2D eigenvalue weighted by atomic mass is 16.6. The molecule has 1 N–H and O–H groups in total. The Labute approximate surface area is 134 Å². The van der Waals surface area contributed by atoms with E-state index < -0.39 is 11.0 Å². The number of aryl methyl sites for hydroxylation is 1. The Bertz CT molecular complexity index is 698. The van der Waals surface area contributed by atoms with Crippen LogP contribution in [0.15, 0.2) is 48.5 Å². The van der Waals surface area contributed by atoms with Gasteiger partial charge in [-0.15, -0.1) is 0 Å². The number of rotatable bonds is 6. The van der Waals surface area contributed by atoms with Crippen molar-refractivity contribution < 1.29 is 14.5 Å². The molecule has 2 aromatic carbocycles. The minimum atomic E-state index is -0.669. The first-order chi connectivity index (χ1) is 11.0. The molecule has 120 valence electrons. The van der Waals surface area contributed by atoms with Gasteiger partial charge in [0, 0.05) is 17.8 Å². The first kappa shape index (κ1) is 16.5. The second-order valence-corrected chi connectivity index (χ2v) is 5.12. The van der Waals surface area contributed by atoms with Crippen LogP contribution in [0, 0.1) is 17.0 Å². The van der Waals surface area contributed by atoms with Gasteiger partial charge in [0.25, 0.3) is 11.6 Å². The van der Waals surface area contributed by atoms with Crippen molar-refractivity contribution in [3.05, 3.63) is 64.2 Å². The van der Waals surface area contributed by atoms with E-state index >= 15 is 0 Å². The minimum Gasteiger partial charge on any atom is -0.481 e. The molecular weight excluding hydrogens is 296 g/mol. The molecule has 0 saturated carbocycles. The summed E-state index contributed by atoms with van der Waals surface area (Å²) in [5, 5.41) is 13.4. The lowest BCUT2D eigenvalue weighted by Gasteiger charge is -2.17. The maximum atomic E-state index is 12.3. The van der Waals surface area contributed by atoms with Crippen LogP contribution in [0.5, 0.6) is 5.75 Å². The standard InChI is InChI=1S/C17H18N2O4/c1-3-16(23-15-9-7-12(2)8-10-15)17(20)18-13-5-4-6-14(11-13)19(21)22/h4-11,16H,3H2,1-2H3,(H,18,20)/t16-/m0/s1. The number of nitrogens with zero attached hydrogens (tertiary/aromatic N) is 1. The van der Waals surface area contributed by atoms with Crippen molar-refractivity contribution >= 4 is 17.3 Å². The van der Waals surface area contributed by atoms with Gasteiger partial charge in [-0.2, -0.15) is 0 Å². The van der Waals surface area contributed by atoms with Gasteiger partial charge < -0.3 is 10.1 Å². The Balaban J connectivity index is 2.06. The van der Waals surface area contributed by atoms with Crippen molar-refractivity contribution in [2.45, 2.75) is 26.4 Å². The molecule has 0 aliphatic heterocycles. The number of nitrogens with one attached hydrogen (secondary N) is 1. The summed E-state index contributed by atoms with van der Waals surface area (Å²) >= 11 is 0. The number of nitro groups is 1. The van der Waals surface area contributed by atoms with E-state index in [0.717, 1.165) is 5.56 Å². The number of hydrogen-bond acceptors (Lipinski definition) is 4. The molecule has 0 fully saturated rings. The molecule has 1 atom stereocenters. The van der Waals surface area contributed by atoms with E-state index in [-0.39, 0.29) is 11.6 Å². The Morgan fingerprint density at radius 1 is 1.26 bits per heavy atom. The number of ether oxygens (including phenoxy) is 1. The number of hydrogen-bond donors (Lipinski definition) is 1. The van der Waals surface area contributed by atoms with E-state index in [4.69, 9.17) is 4.74 Å². The van der Waals surface area contributed by atoms with Gasteiger partial charge in [0.2, 0.25) is 0 Å². The first-order valence-electron chi connectivity index (χ1n) is 7.28. The van der Waals surface area contributed by atoms with Crippen molar-refractivity contribution in [1.29, 1.82) is 0 Å². The van der Waals surface area contributed by atoms with Gasteiger partial charge in [0.1, 0.15) is 5.75 Å². The molecular formula is C17H18N2O4. The number of nitro benzene ring substituents is 1. The molecule has 0 aliphatic carbocycles. The predicted octanol–water partition coefficient (Wildman–Crippen LogP) is 3.70. The van der Waals surface area contributed by atoms with E-state index in [0.29, 0.717) is 17.9 Å². The van der Waals surface area contributed by atoms with E-state index in [1.807, 2.05) is 26.0 Å². The molecule has 0 bridgehead atoms. The molecule has 0 unspecified atom stereocenters. The zero-order valence-corrected chi connectivity index (χ0v) is 13.0. The predicted molar refractivity (Wildman–Crippen MR) is 87.6 cm³/mol. The summed E-state index contributed by atoms with van der Waals surface area (Å²) in [7, 11) is 0. The van der Waals surface area contributed by atoms with Crippen molar-refractivity contribution in [1.82, 2.24) is 0 Å². The lowest BCUT2D eigenvalue weighted by atomic mass is 10.2. The maximum Gasteiger partial charge on any atom is 0.271 e. The van der Waals surface area contributed by atoms with Gasteiger partial charge in [-0.1, -0.05) is 30.7 Å². The molecule has 0 aromatic heterocycles. The summed E-state index contributed by atoms with van der Waals surface area (Å²) in [5.41, 5.74) is 1.40. The van der Waals surface area contributed by atoms with Crippen LogP contribution in [0.3, 0.4) is 0 Å². The highest BCUT2D eigenvalue weighted by Gasteiger charge is 2.19. The fraction of sp³-hybridized carbons (Fsp3) is 0.235. The van der Waals surface area contributed by atoms with Crippen molar-refractivity contribution in [3.8, 4) is 5.75 Å². The van der Waals surface area contributed by atoms with Gasteiger partial charge in [0.15, 0.2) is 6.10 Å². The number of carbonyl (C=O) groups is 1. The van der Waals surface area contributed by atoms with Crippen molar-refractivity contribution in [2.24, 2.45) is 0 Å². The summed E-state index contributed by atoms with van der Waals surface area (Å²) in [6.07, 6.45) is -0.189. The topological polar surface area (TPSA) is 81.5 Å². The minimum absolute atomic E-state index is 0.0738. The van der Waals surface area contributed by atoms with Crippen molar-refractivity contribution in [3.63, 3.8) is 0 Å². The fourth-order valence-corrected chi connectivity index (χ4v) is 2.02. The van der Waals surface area contributed by atoms with Crippen LogP contribution in [0.25, 0.3) is 0 Å².